The van der Waals surface area contributed by atoms with Crippen LogP contribution in [0.15, 0.2) is 59.4 Å². The fourth-order valence-corrected chi connectivity index (χ4v) is 12.2. The van der Waals surface area contributed by atoms with Gasteiger partial charge >= 0.3 is 201 Å². The molecule has 0 bridgehead atoms. The summed E-state index contributed by atoms with van der Waals surface area (Å²) in [5, 5.41) is 0. The molecular formula is C26H37NO2PPd+. The van der Waals surface area contributed by atoms with E-state index in [1.807, 2.05) is 18.2 Å². The average Bonchev–Trinajstić information content (AvgIpc) is 2.81. The first-order valence-electron chi connectivity index (χ1n) is 11.9. The molecule has 3 nitrogen and oxygen atoms in total. The van der Waals surface area contributed by atoms with Crippen LogP contribution in [0.2, 0.25) is 0 Å². The number of nitrogens with two attached hydrogens (primary N) is 1. The number of allylic oxidation sites excluding steroid dienone is 7. The molecule has 0 radical (unpaired) electrons. The maximum absolute atomic E-state index is 6.82. The molecule has 0 amide bonds. The van der Waals surface area contributed by atoms with Crippen molar-refractivity contribution in [3.63, 3.8) is 0 Å². The molecule has 5 heteroatoms. The second-order valence-electron chi connectivity index (χ2n) is 9.22. The molecule has 4 aliphatic carbocycles. The Balaban J connectivity index is 1.86. The van der Waals surface area contributed by atoms with Gasteiger partial charge in [-0.1, -0.05) is 0 Å². The van der Waals surface area contributed by atoms with Crippen molar-refractivity contribution in [2.75, 3.05) is 14.2 Å². The topological polar surface area (TPSA) is 44.5 Å². The summed E-state index contributed by atoms with van der Waals surface area (Å²) in [5.41, 5.74) is 9.64. The van der Waals surface area contributed by atoms with Crippen LogP contribution < -0.4 is 5.73 Å². The first-order valence-corrected chi connectivity index (χ1v) is 14.1. The van der Waals surface area contributed by atoms with E-state index in [0.717, 1.165) is 22.7 Å². The van der Waals surface area contributed by atoms with Crippen LogP contribution in [-0.4, -0.2) is 34.9 Å². The summed E-state index contributed by atoms with van der Waals surface area (Å²) in [5.74, 6) is 0.805. The van der Waals surface area contributed by atoms with Crippen molar-refractivity contribution >= 4 is 7.92 Å². The van der Waals surface area contributed by atoms with Gasteiger partial charge in [0.05, 0.1) is 0 Å². The van der Waals surface area contributed by atoms with Crippen LogP contribution >= 0.6 is 7.92 Å². The van der Waals surface area contributed by atoms with Gasteiger partial charge < -0.3 is 0 Å². The van der Waals surface area contributed by atoms with E-state index >= 15 is 0 Å². The van der Waals surface area contributed by atoms with E-state index < -0.39 is 5.72 Å². The molecule has 2 atom stereocenters. The standard InChI is InChI=1S/C26H37NO2P.Pd/c1-28-23-17-11-19-26(27,29-2)25(23)22-16-9-10-18-24(22)30(20-12-5-3-6-13-20)21-14-7-4-8-15-21;/h9-11,16-21H,3-8,12-15,27H2,1-2H3;/q;+1. The van der Waals surface area contributed by atoms with E-state index in [2.05, 4.69) is 43.5 Å². The van der Waals surface area contributed by atoms with Gasteiger partial charge in [-0.2, -0.15) is 0 Å². The van der Waals surface area contributed by atoms with Gasteiger partial charge in [-0.3, -0.25) is 0 Å². The minimum atomic E-state index is -0.990. The predicted molar refractivity (Wildman–Crippen MR) is 127 cm³/mol. The molecule has 0 heterocycles. The molecule has 172 valence electrons. The molecule has 0 aromatic carbocycles. The molecule has 0 aromatic rings. The van der Waals surface area contributed by atoms with E-state index in [9.17, 15) is 0 Å². The van der Waals surface area contributed by atoms with Gasteiger partial charge in [0.2, 0.25) is 0 Å². The van der Waals surface area contributed by atoms with Gasteiger partial charge in [-0.05, 0) is 0 Å². The Labute approximate surface area is 200 Å². The van der Waals surface area contributed by atoms with E-state index in [4.69, 9.17) is 15.2 Å². The van der Waals surface area contributed by atoms with Gasteiger partial charge in [0.15, 0.2) is 0 Å². The summed E-state index contributed by atoms with van der Waals surface area (Å²) >= 11 is 4.01. The second-order valence-corrected chi connectivity index (χ2v) is 14.0. The second kappa shape index (κ2) is 10.2. The third-order valence-electron chi connectivity index (χ3n) is 7.39. The van der Waals surface area contributed by atoms with E-state index in [0.29, 0.717) is 0 Å². The van der Waals surface area contributed by atoms with Crippen LogP contribution in [0.5, 0.6) is 0 Å². The minimum absolute atomic E-state index is 0.168. The van der Waals surface area contributed by atoms with Crippen LogP contribution in [0.4, 0.5) is 0 Å². The zero-order valence-corrected chi connectivity index (χ0v) is 21.4. The Morgan fingerprint density at radius 2 is 1.52 bits per heavy atom. The predicted octanol–water partition coefficient (Wildman–Crippen LogP) is 6.20. The van der Waals surface area contributed by atoms with Crippen LogP contribution in [0, 0.1) is 0 Å². The molecule has 0 spiro atoms. The first-order chi connectivity index (χ1) is 15.0. The van der Waals surface area contributed by atoms with Gasteiger partial charge in [0, 0.05) is 0 Å². The summed E-state index contributed by atoms with van der Waals surface area (Å²) in [6.07, 6.45) is 28.7. The molecule has 4 rings (SSSR count). The van der Waals surface area contributed by atoms with Crippen molar-refractivity contribution < 1.29 is 28.7 Å². The van der Waals surface area contributed by atoms with Crippen molar-refractivity contribution in [1.29, 1.82) is 0 Å². The van der Waals surface area contributed by atoms with Crippen molar-refractivity contribution in [3.05, 3.63) is 59.4 Å². The summed E-state index contributed by atoms with van der Waals surface area (Å²) in [4.78, 5) is 0. The SMILES string of the molecule is COC1=CC=CC(N)(OC)C1=C1C=CC=C[C]1([Pd+])P(C1CCCCC1)C1CCCCC1. The molecular weight excluding hydrogens is 496 g/mol. The third-order valence-corrected chi connectivity index (χ3v) is 13.0. The monoisotopic (exact) mass is 532 g/mol. The number of rotatable bonds is 5. The van der Waals surface area contributed by atoms with E-state index in [1.165, 1.54) is 69.8 Å². The van der Waals surface area contributed by atoms with Crippen LogP contribution in [0.1, 0.15) is 64.2 Å². The number of hydrogen-bond donors (Lipinski definition) is 1. The Bertz CT molecular complexity index is 786. The van der Waals surface area contributed by atoms with Crippen molar-refractivity contribution in [1.82, 2.24) is 0 Å². The van der Waals surface area contributed by atoms with Gasteiger partial charge in [0.25, 0.3) is 0 Å². The molecule has 2 N–H and O–H groups in total. The van der Waals surface area contributed by atoms with E-state index in [1.54, 1.807) is 14.2 Å². The van der Waals surface area contributed by atoms with Gasteiger partial charge in [-0.15, -0.1) is 0 Å². The van der Waals surface area contributed by atoms with Crippen LogP contribution in [0.3, 0.4) is 0 Å². The molecule has 4 aliphatic rings. The molecule has 31 heavy (non-hydrogen) atoms. The Kier molecular flexibility index (Phi) is 7.78. The van der Waals surface area contributed by atoms with Crippen LogP contribution in [0.25, 0.3) is 0 Å². The number of ether oxygens (including phenoxy) is 2. The van der Waals surface area contributed by atoms with E-state index in [-0.39, 0.29) is 11.6 Å². The van der Waals surface area contributed by atoms with Crippen molar-refractivity contribution in [2.45, 2.75) is 84.9 Å². The molecule has 0 aliphatic heterocycles. The van der Waals surface area contributed by atoms with Gasteiger partial charge in [-0.25, -0.2) is 0 Å². The first kappa shape index (κ1) is 23.7. The zero-order valence-electron chi connectivity index (χ0n) is 18.9. The average molecular weight is 533 g/mol. The number of hydrogen-bond acceptors (Lipinski definition) is 3. The summed E-state index contributed by atoms with van der Waals surface area (Å²) in [6, 6.07) is 0. The van der Waals surface area contributed by atoms with Crippen molar-refractivity contribution in [2.24, 2.45) is 5.73 Å². The normalized spacial score (nSPS) is 35.0. The Morgan fingerprint density at radius 3 is 2.06 bits per heavy atom. The molecule has 2 saturated carbocycles. The summed E-state index contributed by atoms with van der Waals surface area (Å²) in [7, 11) is 3.11. The summed E-state index contributed by atoms with van der Waals surface area (Å²) in [6.45, 7) is 0. The Hall–Kier alpha value is -0.488. The fraction of sp³-hybridized carbons (Fsp3) is 0.615. The van der Waals surface area contributed by atoms with Crippen molar-refractivity contribution in [3.8, 4) is 0 Å². The van der Waals surface area contributed by atoms with Crippen LogP contribution in [-0.2, 0) is 28.7 Å². The molecule has 2 unspecified atom stereocenters. The Morgan fingerprint density at radius 1 is 0.903 bits per heavy atom. The maximum atomic E-state index is 6.82. The third kappa shape index (κ3) is 4.62. The molecule has 0 aromatic heterocycles. The molecule has 2 fully saturated rings. The fourth-order valence-electron chi connectivity index (χ4n) is 5.85. The summed E-state index contributed by atoms with van der Waals surface area (Å²) < 4.78 is 11.6. The zero-order chi connectivity index (χ0) is 21.9. The quantitative estimate of drug-likeness (QED) is 0.260. The van der Waals surface area contributed by atoms with Gasteiger partial charge in [0.1, 0.15) is 0 Å². The number of methoxy groups -OCH3 is 2. The molecule has 0 saturated heterocycles.